The molecule has 0 atom stereocenters. The minimum absolute atomic E-state index is 0.127. The van der Waals surface area contributed by atoms with E-state index >= 15 is 0 Å². The highest BCUT2D eigenvalue weighted by molar-refractivity contribution is 6.08. The molecule has 6 nitrogen and oxygen atoms in total. The van der Waals surface area contributed by atoms with E-state index in [4.69, 9.17) is 4.74 Å². The van der Waals surface area contributed by atoms with Crippen molar-refractivity contribution in [2.45, 2.75) is 25.8 Å². The SMILES string of the molecule is Cc1cccnc1NC(=O)c1cc2ccccc2cc1OCC(=O)NC1CC1. The number of nitrogens with one attached hydrogen (secondary N) is 2. The number of fused-ring (bicyclic) bond motifs is 1. The minimum atomic E-state index is -0.329. The van der Waals surface area contributed by atoms with Crippen LogP contribution in [-0.4, -0.2) is 29.4 Å². The highest BCUT2D eigenvalue weighted by Crippen LogP contribution is 2.27. The van der Waals surface area contributed by atoms with E-state index in [2.05, 4.69) is 15.6 Å². The molecule has 142 valence electrons. The van der Waals surface area contributed by atoms with Crippen molar-refractivity contribution in [1.82, 2.24) is 10.3 Å². The van der Waals surface area contributed by atoms with Crippen LogP contribution in [0.2, 0.25) is 0 Å². The van der Waals surface area contributed by atoms with E-state index < -0.39 is 0 Å². The van der Waals surface area contributed by atoms with Crippen LogP contribution in [0.4, 0.5) is 5.82 Å². The van der Waals surface area contributed by atoms with E-state index in [-0.39, 0.29) is 24.5 Å². The second-order valence-corrected chi connectivity index (χ2v) is 6.95. The first-order valence-electron chi connectivity index (χ1n) is 9.28. The summed E-state index contributed by atoms with van der Waals surface area (Å²) in [6.07, 6.45) is 3.65. The average Bonchev–Trinajstić information content (AvgIpc) is 3.51. The third-order valence-electron chi connectivity index (χ3n) is 4.64. The molecule has 4 rings (SSSR count). The number of carbonyl (C=O) groups excluding carboxylic acids is 2. The molecule has 1 aliphatic rings. The van der Waals surface area contributed by atoms with Crippen LogP contribution in [-0.2, 0) is 4.79 Å². The average molecular weight is 375 g/mol. The predicted octanol–water partition coefficient (Wildman–Crippen LogP) is 3.45. The number of benzene rings is 2. The van der Waals surface area contributed by atoms with Crippen molar-refractivity contribution in [3.05, 3.63) is 65.9 Å². The molecule has 28 heavy (non-hydrogen) atoms. The summed E-state index contributed by atoms with van der Waals surface area (Å²) in [6, 6.07) is 15.2. The van der Waals surface area contributed by atoms with Crippen molar-refractivity contribution in [2.24, 2.45) is 0 Å². The van der Waals surface area contributed by atoms with Crippen LogP contribution < -0.4 is 15.4 Å². The molecular weight excluding hydrogens is 354 g/mol. The summed E-state index contributed by atoms with van der Waals surface area (Å²) in [5, 5.41) is 7.57. The number of aromatic nitrogens is 1. The van der Waals surface area contributed by atoms with Gasteiger partial charge in [-0.2, -0.15) is 0 Å². The molecule has 0 unspecified atom stereocenters. The smallest absolute Gasteiger partial charge is 0.260 e. The van der Waals surface area contributed by atoms with E-state index in [0.717, 1.165) is 29.2 Å². The summed E-state index contributed by atoms with van der Waals surface area (Å²) in [6.45, 7) is 1.75. The van der Waals surface area contributed by atoms with E-state index in [1.165, 1.54) is 0 Å². The van der Waals surface area contributed by atoms with Gasteiger partial charge < -0.3 is 15.4 Å². The van der Waals surface area contributed by atoms with Gasteiger partial charge in [0.05, 0.1) is 5.56 Å². The van der Waals surface area contributed by atoms with Crippen LogP contribution >= 0.6 is 0 Å². The van der Waals surface area contributed by atoms with Crippen molar-refractivity contribution in [2.75, 3.05) is 11.9 Å². The Morgan fingerprint density at radius 1 is 1.11 bits per heavy atom. The summed E-state index contributed by atoms with van der Waals surface area (Å²) >= 11 is 0. The number of nitrogens with zero attached hydrogens (tertiary/aromatic N) is 1. The molecular formula is C22H21N3O3. The molecule has 0 spiro atoms. The summed E-state index contributed by atoms with van der Waals surface area (Å²) in [7, 11) is 0. The minimum Gasteiger partial charge on any atom is -0.483 e. The summed E-state index contributed by atoms with van der Waals surface area (Å²) < 4.78 is 5.73. The monoisotopic (exact) mass is 375 g/mol. The molecule has 1 heterocycles. The van der Waals surface area contributed by atoms with Crippen LogP contribution in [0, 0.1) is 6.92 Å². The third-order valence-corrected chi connectivity index (χ3v) is 4.64. The lowest BCUT2D eigenvalue weighted by Gasteiger charge is -2.14. The molecule has 6 heteroatoms. The number of anilines is 1. The number of aryl methyl sites for hydroxylation is 1. The van der Waals surface area contributed by atoms with Crippen molar-refractivity contribution < 1.29 is 14.3 Å². The quantitative estimate of drug-likeness (QED) is 0.691. The molecule has 2 aromatic carbocycles. The maximum atomic E-state index is 12.9. The topological polar surface area (TPSA) is 80.3 Å². The van der Waals surface area contributed by atoms with Gasteiger partial charge in [0.25, 0.3) is 11.8 Å². The molecule has 0 saturated heterocycles. The normalized spacial score (nSPS) is 13.2. The van der Waals surface area contributed by atoms with Gasteiger partial charge in [0.2, 0.25) is 0 Å². The fourth-order valence-corrected chi connectivity index (χ4v) is 2.95. The van der Waals surface area contributed by atoms with E-state index in [0.29, 0.717) is 17.1 Å². The highest BCUT2D eigenvalue weighted by atomic mass is 16.5. The first kappa shape index (κ1) is 18.0. The fraction of sp³-hybridized carbons (Fsp3) is 0.227. The Morgan fingerprint density at radius 2 is 1.86 bits per heavy atom. The number of hydrogen-bond acceptors (Lipinski definition) is 4. The Morgan fingerprint density at radius 3 is 2.57 bits per heavy atom. The molecule has 1 aliphatic carbocycles. The second-order valence-electron chi connectivity index (χ2n) is 6.95. The fourth-order valence-electron chi connectivity index (χ4n) is 2.95. The number of carbonyl (C=O) groups is 2. The number of pyridine rings is 1. The summed E-state index contributed by atoms with van der Waals surface area (Å²) in [5.74, 6) is 0.363. The predicted molar refractivity (Wildman–Crippen MR) is 108 cm³/mol. The number of amides is 2. The molecule has 1 fully saturated rings. The third kappa shape index (κ3) is 4.11. The molecule has 0 bridgehead atoms. The standard InChI is InChI=1S/C22H21N3O3/c1-14-5-4-10-23-21(14)25-22(27)18-11-15-6-2-3-7-16(15)12-19(18)28-13-20(26)24-17-8-9-17/h2-7,10-12,17H,8-9,13H2,1H3,(H,24,26)(H,23,25,27). The summed E-state index contributed by atoms with van der Waals surface area (Å²) in [4.78, 5) is 29.1. The Labute approximate surface area is 162 Å². The maximum absolute atomic E-state index is 12.9. The van der Waals surface area contributed by atoms with Crippen LogP contribution in [0.5, 0.6) is 5.75 Å². The lowest BCUT2D eigenvalue weighted by atomic mass is 10.1. The lowest BCUT2D eigenvalue weighted by Crippen LogP contribution is -2.30. The number of rotatable bonds is 6. The van der Waals surface area contributed by atoms with Gasteiger partial charge in [0.15, 0.2) is 6.61 Å². The highest BCUT2D eigenvalue weighted by Gasteiger charge is 2.24. The van der Waals surface area contributed by atoms with Crippen molar-refractivity contribution in [1.29, 1.82) is 0 Å². The summed E-state index contributed by atoms with van der Waals surface area (Å²) in [5.41, 5.74) is 1.23. The van der Waals surface area contributed by atoms with Crippen LogP contribution in [0.25, 0.3) is 10.8 Å². The maximum Gasteiger partial charge on any atom is 0.260 e. The largest absolute Gasteiger partial charge is 0.483 e. The van der Waals surface area contributed by atoms with Crippen molar-refractivity contribution >= 4 is 28.4 Å². The van der Waals surface area contributed by atoms with Gasteiger partial charge >= 0.3 is 0 Å². The van der Waals surface area contributed by atoms with E-state index in [9.17, 15) is 9.59 Å². The molecule has 2 N–H and O–H groups in total. The zero-order valence-corrected chi connectivity index (χ0v) is 15.6. The molecule has 2 amide bonds. The van der Waals surface area contributed by atoms with Gasteiger partial charge in [0, 0.05) is 12.2 Å². The van der Waals surface area contributed by atoms with Crippen molar-refractivity contribution in [3.8, 4) is 5.75 Å². The van der Waals surface area contributed by atoms with Crippen LogP contribution in [0.3, 0.4) is 0 Å². The van der Waals surface area contributed by atoms with Crippen LogP contribution in [0.15, 0.2) is 54.7 Å². The van der Waals surface area contributed by atoms with Crippen molar-refractivity contribution in [3.63, 3.8) is 0 Å². The Balaban J connectivity index is 1.61. The van der Waals surface area contributed by atoms with Gasteiger partial charge in [0.1, 0.15) is 11.6 Å². The Hall–Kier alpha value is -3.41. The Kier molecular flexibility index (Phi) is 4.93. The molecule has 0 radical (unpaired) electrons. The van der Waals surface area contributed by atoms with E-state index in [1.807, 2.05) is 43.3 Å². The van der Waals surface area contributed by atoms with Gasteiger partial charge in [-0.05, 0) is 54.3 Å². The van der Waals surface area contributed by atoms with Gasteiger partial charge in [-0.15, -0.1) is 0 Å². The second kappa shape index (κ2) is 7.68. The first-order valence-corrected chi connectivity index (χ1v) is 9.28. The zero-order valence-electron chi connectivity index (χ0n) is 15.6. The van der Waals surface area contributed by atoms with Gasteiger partial charge in [-0.25, -0.2) is 4.98 Å². The zero-order chi connectivity index (χ0) is 19.5. The number of hydrogen-bond donors (Lipinski definition) is 2. The Bertz CT molecular complexity index is 1040. The molecule has 3 aromatic rings. The molecule has 1 aromatic heterocycles. The van der Waals surface area contributed by atoms with Gasteiger partial charge in [-0.1, -0.05) is 30.3 Å². The molecule has 1 saturated carbocycles. The molecule has 0 aliphatic heterocycles. The number of ether oxygens (including phenoxy) is 1. The van der Waals surface area contributed by atoms with Crippen LogP contribution in [0.1, 0.15) is 28.8 Å². The van der Waals surface area contributed by atoms with Gasteiger partial charge in [-0.3, -0.25) is 9.59 Å². The lowest BCUT2D eigenvalue weighted by molar-refractivity contribution is -0.123. The first-order chi connectivity index (χ1) is 13.6. The van der Waals surface area contributed by atoms with E-state index in [1.54, 1.807) is 18.3 Å².